The largest absolute Gasteiger partial charge is 0.330 e. The van der Waals surface area contributed by atoms with Crippen molar-refractivity contribution in [1.29, 1.82) is 0 Å². The van der Waals surface area contributed by atoms with E-state index in [-0.39, 0.29) is 0 Å². The molecular weight excluding hydrogens is 262 g/mol. The van der Waals surface area contributed by atoms with Crippen LogP contribution in [0.1, 0.15) is 42.6 Å². The summed E-state index contributed by atoms with van der Waals surface area (Å²) in [4.78, 5) is 1.32. The summed E-state index contributed by atoms with van der Waals surface area (Å²) in [5.74, 6) is 0.586. The van der Waals surface area contributed by atoms with E-state index in [0.29, 0.717) is 11.2 Å². The van der Waals surface area contributed by atoms with Crippen LogP contribution in [0.25, 0.3) is 0 Å². The van der Waals surface area contributed by atoms with Gasteiger partial charge in [-0.15, -0.1) is 11.8 Å². The molecule has 0 bridgehead atoms. The summed E-state index contributed by atoms with van der Waals surface area (Å²) in [6.07, 6.45) is 1.00. The molecule has 0 saturated heterocycles. The fourth-order valence-corrected chi connectivity index (χ4v) is 3.38. The van der Waals surface area contributed by atoms with E-state index in [2.05, 4.69) is 68.4 Å². The highest BCUT2D eigenvalue weighted by Crippen LogP contribution is 2.37. The highest BCUT2D eigenvalue weighted by atomic mass is 32.2. The van der Waals surface area contributed by atoms with Gasteiger partial charge >= 0.3 is 0 Å². The second-order valence-electron chi connectivity index (χ2n) is 5.32. The van der Waals surface area contributed by atoms with Crippen molar-refractivity contribution in [1.82, 2.24) is 0 Å². The van der Waals surface area contributed by atoms with Gasteiger partial charge in [-0.2, -0.15) is 0 Å². The Hall–Kier alpha value is -1.25. The Balaban J connectivity index is 2.12. The molecule has 0 fully saturated rings. The fourth-order valence-electron chi connectivity index (χ4n) is 2.21. The monoisotopic (exact) mass is 285 g/mol. The molecule has 0 amide bonds. The molecule has 2 aromatic rings. The molecule has 20 heavy (non-hydrogen) atoms. The maximum absolute atomic E-state index is 5.77. The fraction of sp³-hybridized carbons (Fsp3) is 0.333. The molecule has 0 saturated carbocycles. The van der Waals surface area contributed by atoms with Crippen LogP contribution < -0.4 is 5.73 Å². The highest BCUT2D eigenvalue weighted by Gasteiger charge is 2.12. The predicted octanol–water partition coefficient (Wildman–Crippen LogP) is 4.99. The molecule has 0 radical (unpaired) electrons. The van der Waals surface area contributed by atoms with Crippen LogP contribution in [0.3, 0.4) is 0 Å². The van der Waals surface area contributed by atoms with Crippen LogP contribution in [0.15, 0.2) is 59.5 Å². The van der Waals surface area contributed by atoms with Crippen LogP contribution in [0.4, 0.5) is 0 Å². The van der Waals surface area contributed by atoms with Gasteiger partial charge in [0.25, 0.3) is 0 Å². The lowest BCUT2D eigenvalue weighted by Gasteiger charge is -2.16. The van der Waals surface area contributed by atoms with E-state index < -0.39 is 0 Å². The first-order chi connectivity index (χ1) is 9.70. The molecule has 0 aliphatic rings. The molecule has 2 heteroatoms. The summed E-state index contributed by atoms with van der Waals surface area (Å²) < 4.78 is 0. The van der Waals surface area contributed by atoms with E-state index >= 15 is 0 Å². The molecule has 0 spiro atoms. The average molecular weight is 285 g/mol. The Bertz CT molecular complexity index is 505. The smallest absolute Gasteiger partial charge is 0.0356 e. The Labute approximate surface area is 126 Å². The standard InChI is InChI=1S/C18H23NS/c1-14(2)15-8-10-17(11-9-15)20-18(12-13-19)16-6-4-3-5-7-16/h3-11,14,18H,12-13,19H2,1-2H3. The minimum atomic E-state index is 0.436. The van der Waals surface area contributed by atoms with Gasteiger partial charge in [-0.25, -0.2) is 0 Å². The van der Waals surface area contributed by atoms with E-state index in [0.717, 1.165) is 13.0 Å². The van der Waals surface area contributed by atoms with Crippen molar-refractivity contribution in [3.05, 3.63) is 65.7 Å². The minimum absolute atomic E-state index is 0.436. The number of rotatable bonds is 6. The van der Waals surface area contributed by atoms with Crippen LogP contribution in [-0.2, 0) is 0 Å². The molecule has 1 unspecified atom stereocenters. The third-order valence-corrected chi connectivity index (χ3v) is 4.76. The summed E-state index contributed by atoms with van der Waals surface area (Å²) >= 11 is 1.91. The maximum atomic E-state index is 5.77. The molecule has 0 aliphatic carbocycles. The van der Waals surface area contributed by atoms with Gasteiger partial charge in [-0.1, -0.05) is 56.3 Å². The van der Waals surface area contributed by atoms with E-state index in [4.69, 9.17) is 5.73 Å². The lowest BCUT2D eigenvalue weighted by atomic mass is 10.0. The van der Waals surface area contributed by atoms with Gasteiger partial charge in [-0.05, 0) is 42.1 Å². The molecule has 2 aromatic carbocycles. The number of hydrogen-bond acceptors (Lipinski definition) is 2. The van der Waals surface area contributed by atoms with Crippen LogP contribution in [0.2, 0.25) is 0 Å². The Kier molecular flexibility index (Phi) is 5.69. The second-order valence-corrected chi connectivity index (χ2v) is 6.59. The number of nitrogens with two attached hydrogens (primary N) is 1. The van der Waals surface area contributed by atoms with E-state index in [9.17, 15) is 0 Å². The third kappa shape index (κ3) is 4.12. The highest BCUT2D eigenvalue weighted by molar-refractivity contribution is 7.99. The van der Waals surface area contributed by atoms with Crippen molar-refractivity contribution in [2.24, 2.45) is 5.73 Å². The van der Waals surface area contributed by atoms with Crippen molar-refractivity contribution in [2.45, 2.75) is 36.3 Å². The molecule has 0 heterocycles. The molecule has 1 atom stereocenters. The lowest BCUT2D eigenvalue weighted by Crippen LogP contribution is -2.04. The Morgan fingerprint density at radius 3 is 2.10 bits per heavy atom. The first kappa shape index (κ1) is 15.1. The van der Waals surface area contributed by atoms with E-state index in [1.807, 2.05) is 11.8 Å². The van der Waals surface area contributed by atoms with E-state index in [1.165, 1.54) is 16.0 Å². The van der Waals surface area contributed by atoms with Crippen LogP contribution >= 0.6 is 11.8 Å². The van der Waals surface area contributed by atoms with E-state index in [1.54, 1.807) is 0 Å². The zero-order chi connectivity index (χ0) is 14.4. The lowest BCUT2D eigenvalue weighted by molar-refractivity contribution is 0.814. The number of thioether (sulfide) groups is 1. The molecule has 1 nitrogen and oxygen atoms in total. The first-order valence-electron chi connectivity index (χ1n) is 7.22. The van der Waals surface area contributed by atoms with Crippen LogP contribution in [0, 0.1) is 0 Å². The number of hydrogen-bond donors (Lipinski definition) is 1. The average Bonchev–Trinajstić information content (AvgIpc) is 2.48. The van der Waals surface area contributed by atoms with Crippen molar-refractivity contribution in [2.75, 3.05) is 6.54 Å². The molecule has 0 aliphatic heterocycles. The predicted molar refractivity (Wildman–Crippen MR) is 89.2 cm³/mol. The topological polar surface area (TPSA) is 26.0 Å². The van der Waals surface area contributed by atoms with Gasteiger partial charge in [0, 0.05) is 10.1 Å². The quantitative estimate of drug-likeness (QED) is 0.756. The normalized spacial score (nSPS) is 12.6. The van der Waals surface area contributed by atoms with Crippen LogP contribution in [-0.4, -0.2) is 6.54 Å². The first-order valence-corrected chi connectivity index (χ1v) is 8.10. The maximum Gasteiger partial charge on any atom is 0.0356 e. The second kappa shape index (κ2) is 7.51. The molecule has 2 N–H and O–H groups in total. The molecule has 0 aromatic heterocycles. The van der Waals surface area contributed by atoms with Gasteiger partial charge in [0.15, 0.2) is 0 Å². The summed E-state index contributed by atoms with van der Waals surface area (Å²) in [5, 5.41) is 0.436. The van der Waals surface area contributed by atoms with Crippen molar-refractivity contribution < 1.29 is 0 Å². The van der Waals surface area contributed by atoms with Crippen LogP contribution in [0.5, 0.6) is 0 Å². The van der Waals surface area contributed by atoms with Crippen molar-refractivity contribution in [3.8, 4) is 0 Å². The van der Waals surface area contributed by atoms with Gasteiger partial charge in [0.2, 0.25) is 0 Å². The molecule has 2 rings (SSSR count). The van der Waals surface area contributed by atoms with Crippen molar-refractivity contribution >= 4 is 11.8 Å². The molecular formula is C18H23NS. The zero-order valence-electron chi connectivity index (χ0n) is 12.3. The molecule has 106 valence electrons. The van der Waals surface area contributed by atoms with Gasteiger partial charge in [-0.3, -0.25) is 0 Å². The van der Waals surface area contributed by atoms with Gasteiger partial charge in [0.1, 0.15) is 0 Å². The van der Waals surface area contributed by atoms with Gasteiger partial charge < -0.3 is 5.73 Å². The summed E-state index contributed by atoms with van der Waals surface area (Å²) in [6.45, 7) is 5.17. The van der Waals surface area contributed by atoms with Gasteiger partial charge in [0.05, 0.1) is 0 Å². The number of benzene rings is 2. The summed E-state index contributed by atoms with van der Waals surface area (Å²) in [5.41, 5.74) is 8.52. The summed E-state index contributed by atoms with van der Waals surface area (Å²) in [7, 11) is 0. The van der Waals surface area contributed by atoms with Crippen molar-refractivity contribution in [3.63, 3.8) is 0 Å². The minimum Gasteiger partial charge on any atom is -0.330 e. The Morgan fingerprint density at radius 2 is 1.55 bits per heavy atom. The SMILES string of the molecule is CC(C)c1ccc(SC(CCN)c2ccccc2)cc1. The third-order valence-electron chi connectivity index (χ3n) is 3.43. The zero-order valence-corrected chi connectivity index (χ0v) is 13.1. The Morgan fingerprint density at radius 1 is 0.900 bits per heavy atom. The summed E-state index contributed by atoms with van der Waals surface area (Å²) in [6, 6.07) is 19.6.